The number of benzene rings is 1. The first-order chi connectivity index (χ1) is 9.02. The molecule has 1 heterocycles. The molecule has 2 rings (SSSR count). The highest BCUT2D eigenvalue weighted by atomic mass is 16.5. The molecular weight excluding hydrogens is 246 g/mol. The van der Waals surface area contributed by atoms with Crippen molar-refractivity contribution in [1.82, 2.24) is 4.90 Å². The molecule has 2 unspecified atom stereocenters. The van der Waals surface area contributed by atoms with E-state index in [1.165, 1.54) is 18.2 Å². The van der Waals surface area contributed by atoms with Gasteiger partial charge in [-0.1, -0.05) is 6.92 Å². The lowest BCUT2D eigenvalue weighted by molar-refractivity contribution is -0.00157. The van der Waals surface area contributed by atoms with Gasteiger partial charge >= 0.3 is 0 Å². The Bertz CT molecular complexity index is 475. The van der Waals surface area contributed by atoms with Gasteiger partial charge in [0.25, 0.3) is 5.91 Å². The van der Waals surface area contributed by atoms with E-state index < -0.39 is 0 Å². The minimum Gasteiger partial charge on any atom is -0.504 e. The van der Waals surface area contributed by atoms with Crippen molar-refractivity contribution in [3.63, 3.8) is 0 Å². The second kappa shape index (κ2) is 5.48. The number of phenolic OH excluding ortho intramolecular Hbond substituents is 2. The molecule has 1 amide bonds. The number of rotatable bonds is 2. The summed E-state index contributed by atoms with van der Waals surface area (Å²) in [6.07, 6.45) is 0.942. The average Bonchev–Trinajstić information content (AvgIpc) is 2.41. The maximum Gasteiger partial charge on any atom is 0.254 e. The predicted molar refractivity (Wildman–Crippen MR) is 70.3 cm³/mol. The number of carbonyl (C=O) groups excluding carboxylic acids is 1. The van der Waals surface area contributed by atoms with Crippen molar-refractivity contribution in [3.8, 4) is 11.5 Å². The lowest BCUT2D eigenvalue weighted by atomic mass is 9.95. The van der Waals surface area contributed by atoms with Gasteiger partial charge in [-0.25, -0.2) is 0 Å². The van der Waals surface area contributed by atoms with Crippen molar-refractivity contribution in [2.24, 2.45) is 5.92 Å². The Morgan fingerprint density at radius 3 is 2.74 bits per heavy atom. The summed E-state index contributed by atoms with van der Waals surface area (Å²) in [4.78, 5) is 14.0. The highest BCUT2D eigenvalue weighted by Crippen LogP contribution is 2.27. The van der Waals surface area contributed by atoms with Crippen LogP contribution in [-0.4, -0.2) is 47.3 Å². The van der Waals surface area contributed by atoms with E-state index in [2.05, 4.69) is 6.92 Å². The summed E-state index contributed by atoms with van der Waals surface area (Å²) < 4.78 is 5.38. The van der Waals surface area contributed by atoms with E-state index in [9.17, 15) is 15.0 Å². The molecule has 1 aromatic carbocycles. The van der Waals surface area contributed by atoms with Gasteiger partial charge < -0.3 is 19.8 Å². The minimum atomic E-state index is -0.278. The molecule has 1 fully saturated rings. The molecule has 1 aromatic rings. The Morgan fingerprint density at radius 2 is 2.11 bits per heavy atom. The molecule has 1 saturated heterocycles. The fraction of sp³-hybridized carbons (Fsp3) is 0.500. The molecule has 1 aliphatic rings. The summed E-state index contributed by atoms with van der Waals surface area (Å²) in [5.41, 5.74) is 0.375. The molecule has 5 heteroatoms. The maximum absolute atomic E-state index is 12.3. The van der Waals surface area contributed by atoms with Gasteiger partial charge in [0.05, 0.1) is 6.10 Å². The fourth-order valence-corrected chi connectivity index (χ4v) is 2.36. The average molecular weight is 265 g/mol. The molecule has 5 nitrogen and oxygen atoms in total. The van der Waals surface area contributed by atoms with Crippen molar-refractivity contribution in [2.75, 3.05) is 20.2 Å². The minimum absolute atomic E-state index is 0.0448. The first-order valence-corrected chi connectivity index (χ1v) is 6.37. The third-order valence-electron chi connectivity index (χ3n) is 3.70. The summed E-state index contributed by atoms with van der Waals surface area (Å²) in [5.74, 6) is -0.218. The molecule has 2 atom stereocenters. The van der Waals surface area contributed by atoms with Crippen LogP contribution in [0.4, 0.5) is 0 Å². The molecule has 0 aliphatic carbocycles. The largest absolute Gasteiger partial charge is 0.504 e. The van der Waals surface area contributed by atoms with Crippen LogP contribution in [0.2, 0.25) is 0 Å². The maximum atomic E-state index is 12.3. The number of amides is 1. The summed E-state index contributed by atoms with van der Waals surface area (Å²) >= 11 is 0. The lowest BCUT2D eigenvalue weighted by Crippen LogP contribution is -2.46. The van der Waals surface area contributed by atoms with E-state index in [0.717, 1.165) is 6.42 Å². The first kappa shape index (κ1) is 13.7. The molecule has 0 bridgehead atoms. The van der Waals surface area contributed by atoms with Gasteiger partial charge in [0.15, 0.2) is 11.5 Å². The van der Waals surface area contributed by atoms with Gasteiger partial charge in [-0.3, -0.25) is 4.79 Å². The smallest absolute Gasteiger partial charge is 0.254 e. The number of methoxy groups -OCH3 is 1. The quantitative estimate of drug-likeness (QED) is 0.797. The van der Waals surface area contributed by atoms with Gasteiger partial charge in [0, 0.05) is 25.8 Å². The van der Waals surface area contributed by atoms with Gasteiger partial charge in [-0.2, -0.15) is 0 Å². The van der Waals surface area contributed by atoms with E-state index in [1.54, 1.807) is 12.0 Å². The number of hydrogen-bond acceptors (Lipinski definition) is 4. The molecular formula is C14H19NO4. The number of piperidine rings is 1. The Balaban J connectivity index is 2.13. The monoisotopic (exact) mass is 265 g/mol. The van der Waals surface area contributed by atoms with E-state index in [-0.39, 0.29) is 23.5 Å². The van der Waals surface area contributed by atoms with Crippen LogP contribution in [0.3, 0.4) is 0 Å². The molecule has 0 radical (unpaired) electrons. The molecule has 0 aromatic heterocycles. The van der Waals surface area contributed by atoms with Crippen LogP contribution in [0.25, 0.3) is 0 Å². The molecule has 1 aliphatic heterocycles. The summed E-state index contributed by atoms with van der Waals surface area (Å²) in [6.45, 7) is 3.35. The van der Waals surface area contributed by atoms with Crippen LogP contribution in [-0.2, 0) is 4.74 Å². The van der Waals surface area contributed by atoms with E-state index in [1.807, 2.05) is 0 Å². The Kier molecular flexibility index (Phi) is 3.95. The molecule has 0 spiro atoms. The second-order valence-corrected chi connectivity index (χ2v) is 4.99. The first-order valence-electron chi connectivity index (χ1n) is 6.37. The molecule has 0 saturated carbocycles. The third kappa shape index (κ3) is 2.81. The van der Waals surface area contributed by atoms with Crippen molar-refractivity contribution in [3.05, 3.63) is 23.8 Å². The SMILES string of the molecule is COC1CN(C(=O)c2ccc(O)c(O)c2)CCC1C. The second-order valence-electron chi connectivity index (χ2n) is 4.99. The highest BCUT2D eigenvalue weighted by Gasteiger charge is 2.29. The normalized spacial score (nSPS) is 23.4. The van der Waals surface area contributed by atoms with Crippen LogP contribution in [0.15, 0.2) is 18.2 Å². The summed E-state index contributed by atoms with van der Waals surface area (Å²) in [6, 6.07) is 4.12. The van der Waals surface area contributed by atoms with Gasteiger partial charge in [0.2, 0.25) is 0 Å². The van der Waals surface area contributed by atoms with Crippen LogP contribution in [0, 0.1) is 5.92 Å². The van der Waals surface area contributed by atoms with Crippen LogP contribution in [0.5, 0.6) is 11.5 Å². The lowest BCUT2D eigenvalue weighted by Gasteiger charge is -2.36. The van der Waals surface area contributed by atoms with Gasteiger partial charge in [0.1, 0.15) is 0 Å². The summed E-state index contributed by atoms with van der Waals surface area (Å²) in [7, 11) is 1.65. The number of aromatic hydroxyl groups is 2. The predicted octanol–water partition coefficient (Wildman–Crippen LogP) is 1.59. The van der Waals surface area contributed by atoms with Crippen LogP contribution >= 0.6 is 0 Å². The zero-order valence-corrected chi connectivity index (χ0v) is 11.2. The highest BCUT2D eigenvalue weighted by molar-refractivity contribution is 5.95. The molecule has 19 heavy (non-hydrogen) atoms. The fourth-order valence-electron chi connectivity index (χ4n) is 2.36. The number of nitrogens with zero attached hydrogens (tertiary/aromatic N) is 1. The molecule has 2 N–H and O–H groups in total. The zero-order valence-electron chi connectivity index (χ0n) is 11.2. The third-order valence-corrected chi connectivity index (χ3v) is 3.70. The Labute approximate surface area is 112 Å². The van der Waals surface area contributed by atoms with Crippen molar-refractivity contribution < 1.29 is 19.7 Å². The van der Waals surface area contributed by atoms with E-state index in [0.29, 0.717) is 24.6 Å². The van der Waals surface area contributed by atoms with Crippen LogP contribution in [0.1, 0.15) is 23.7 Å². The van der Waals surface area contributed by atoms with Crippen molar-refractivity contribution >= 4 is 5.91 Å². The zero-order chi connectivity index (χ0) is 14.0. The van der Waals surface area contributed by atoms with Crippen LogP contribution < -0.4 is 0 Å². The number of hydrogen-bond donors (Lipinski definition) is 2. The van der Waals surface area contributed by atoms with E-state index in [4.69, 9.17) is 4.74 Å². The van der Waals surface area contributed by atoms with Gasteiger partial charge in [-0.05, 0) is 30.5 Å². The standard InChI is InChI=1S/C14H19NO4/c1-9-5-6-15(8-13(9)19-2)14(18)10-3-4-11(16)12(17)7-10/h3-4,7,9,13,16-17H,5-6,8H2,1-2H3. The van der Waals surface area contributed by atoms with Crippen molar-refractivity contribution in [1.29, 1.82) is 0 Å². The summed E-state index contributed by atoms with van der Waals surface area (Å²) in [5, 5.41) is 18.7. The van der Waals surface area contributed by atoms with Crippen molar-refractivity contribution in [2.45, 2.75) is 19.4 Å². The van der Waals surface area contributed by atoms with Gasteiger partial charge in [-0.15, -0.1) is 0 Å². The Hall–Kier alpha value is -1.75. The Morgan fingerprint density at radius 1 is 1.37 bits per heavy atom. The number of ether oxygens (including phenoxy) is 1. The molecule has 104 valence electrons. The number of phenols is 2. The topological polar surface area (TPSA) is 70.0 Å². The number of likely N-dealkylation sites (tertiary alicyclic amines) is 1. The number of carbonyl (C=O) groups is 1. The van der Waals surface area contributed by atoms with E-state index >= 15 is 0 Å².